The van der Waals surface area contributed by atoms with Crippen LogP contribution in [0.25, 0.3) is 0 Å². The second-order valence-electron chi connectivity index (χ2n) is 3.59. The molecule has 74 valence electrons. The van der Waals surface area contributed by atoms with E-state index >= 15 is 0 Å². The number of thioether (sulfide) groups is 1. The van der Waals surface area contributed by atoms with E-state index in [0.29, 0.717) is 12.0 Å². The number of carboxylic acids is 1. The normalized spacial score (nSPS) is 29.2. The van der Waals surface area contributed by atoms with Crippen LogP contribution in [-0.2, 0) is 4.79 Å². The topological polar surface area (TPSA) is 37.3 Å². The first kappa shape index (κ1) is 10.6. The van der Waals surface area contributed by atoms with Crippen LogP contribution in [0.1, 0.15) is 33.1 Å². The fourth-order valence-electron chi connectivity index (χ4n) is 1.60. The number of hydrogen-bond donors (Lipinski definition) is 1. The van der Waals surface area contributed by atoms with Gasteiger partial charge in [0.05, 0.1) is 0 Å². The van der Waals surface area contributed by atoms with Crippen LogP contribution in [0.5, 0.6) is 0 Å². The molecule has 1 aliphatic rings. The molecule has 0 saturated carbocycles. The highest BCUT2D eigenvalue weighted by molar-refractivity contribution is 8.01. The molecule has 1 unspecified atom stereocenters. The third-order valence-corrected chi connectivity index (χ3v) is 3.86. The van der Waals surface area contributed by atoms with Crippen LogP contribution in [-0.4, -0.2) is 21.6 Å². The molecule has 1 saturated heterocycles. The molecule has 13 heavy (non-hydrogen) atoms. The average molecular weight is 200 g/mol. The highest BCUT2D eigenvalue weighted by Crippen LogP contribution is 2.39. The number of carboxylic acid groups (broad SMARTS) is 1. The Kier molecular flexibility index (Phi) is 3.42. The first-order chi connectivity index (χ1) is 6.07. The van der Waals surface area contributed by atoms with Crippen molar-refractivity contribution in [2.45, 2.75) is 37.9 Å². The fourth-order valence-corrected chi connectivity index (χ4v) is 2.87. The lowest BCUT2D eigenvalue weighted by Crippen LogP contribution is -2.14. The molecule has 0 aromatic carbocycles. The summed E-state index contributed by atoms with van der Waals surface area (Å²) in [7, 11) is 0. The lowest BCUT2D eigenvalue weighted by Gasteiger charge is -2.18. The van der Waals surface area contributed by atoms with E-state index in [4.69, 9.17) is 5.11 Å². The monoisotopic (exact) mass is 200 g/mol. The van der Waals surface area contributed by atoms with Crippen molar-refractivity contribution in [1.29, 1.82) is 0 Å². The van der Waals surface area contributed by atoms with Gasteiger partial charge in [0.25, 0.3) is 0 Å². The Morgan fingerprint density at radius 3 is 2.77 bits per heavy atom. The zero-order chi connectivity index (χ0) is 9.90. The number of aliphatic carboxylic acids is 1. The molecule has 1 atom stereocenters. The predicted molar refractivity (Wildman–Crippen MR) is 56.1 cm³/mol. The maximum absolute atomic E-state index is 10.8. The van der Waals surface area contributed by atoms with Gasteiger partial charge in [-0.15, -0.1) is 0 Å². The van der Waals surface area contributed by atoms with Crippen molar-refractivity contribution in [3.8, 4) is 0 Å². The summed E-state index contributed by atoms with van der Waals surface area (Å²) in [4.78, 5) is 10.8. The highest BCUT2D eigenvalue weighted by Gasteiger charge is 2.28. The summed E-state index contributed by atoms with van der Waals surface area (Å²) >= 11 is 1.87. The molecule has 0 radical (unpaired) electrons. The van der Waals surface area contributed by atoms with Crippen LogP contribution in [0.2, 0.25) is 0 Å². The molecule has 1 fully saturated rings. The molecule has 1 rings (SSSR count). The van der Waals surface area contributed by atoms with E-state index in [1.54, 1.807) is 0 Å². The van der Waals surface area contributed by atoms with E-state index in [1.807, 2.05) is 24.8 Å². The molecule has 0 aliphatic carbocycles. The van der Waals surface area contributed by atoms with Crippen molar-refractivity contribution >= 4 is 17.7 Å². The molecular formula is C10H16O2S. The summed E-state index contributed by atoms with van der Waals surface area (Å²) in [5.41, 5.74) is 0.553. The summed E-state index contributed by atoms with van der Waals surface area (Å²) in [6, 6.07) is 0. The quantitative estimate of drug-likeness (QED) is 0.712. The van der Waals surface area contributed by atoms with Crippen LogP contribution < -0.4 is 0 Å². The van der Waals surface area contributed by atoms with Crippen LogP contribution in [0, 0.1) is 0 Å². The molecule has 1 N–H and O–H groups in total. The van der Waals surface area contributed by atoms with E-state index in [-0.39, 0.29) is 4.75 Å². The average Bonchev–Trinajstić information content (AvgIpc) is 2.48. The number of carbonyl (C=O) groups is 1. The molecule has 0 aromatic rings. The summed E-state index contributed by atoms with van der Waals surface area (Å²) in [6.45, 7) is 4.02. The fraction of sp³-hybridized carbons (Fsp3) is 0.700. The van der Waals surface area contributed by atoms with Gasteiger partial charge in [-0.3, -0.25) is 0 Å². The Morgan fingerprint density at radius 2 is 2.38 bits per heavy atom. The predicted octanol–water partition coefficient (Wildman–Crippen LogP) is 2.69. The van der Waals surface area contributed by atoms with Gasteiger partial charge in [0.1, 0.15) is 0 Å². The van der Waals surface area contributed by atoms with Gasteiger partial charge in [0, 0.05) is 10.3 Å². The molecule has 1 heterocycles. The third kappa shape index (κ3) is 2.76. The maximum Gasteiger partial charge on any atom is 0.331 e. The van der Waals surface area contributed by atoms with E-state index in [2.05, 4.69) is 6.92 Å². The Hall–Kier alpha value is -0.440. The minimum Gasteiger partial charge on any atom is -0.478 e. The molecule has 0 amide bonds. The van der Waals surface area contributed by atoms with Gasteiger partial charge in [-0.25, -0.2) is 4.79 Å². The van der Waals surface area contributed by atoms with Gasteiger partial charge in [-0.2, -0.15) is 11.8 Å². The molecule has 3 heteroatoms. The zero-order valence-electron chi connectivity index (χ0n) is 8.17. The minimum absolute atomic E-state index is 0.0731. The molecular weight excluding hydrogens is 184 g/mol. The SMILES string of the molecule is CC/C(=C\C1(C)CCCS1)C(=O)O. The van der Waals surface area contributed by atoms with Crippen LogP contribution >= 0.6 is 11.8 Å². The Balaban J connectivity index is 2.76. The number of rotatable bonds is 3. The lowest BCUT2D eigenvalue weighted by atomic mass is 10.0. The van der Waals surface area contributed by atoms with Crippen molar-refractivity contribution in [3.05, 3.63) is 11.6 Å². The standard InChI is InChI=1S/C10H16O2S/c1-3-8(9(11)12)7-10(2)5-4-6-13-10/h7H,3-6H2,1-2H3,(H,11,12)/b8-7+. The second-order valence-corrected chi connectivity index (χ2v) is 5.22. The Bertz CT molecular complexity index is 227. The van der Waals surface area contributed by atoms with E-state index in [0.717, 1.165) is 12.2 Å². The summed E-state index contributed by atoms with van der Waals surface area (Å²) in [6.07, 6.45) is 4.86. The first-order valence-corrected chi connectivity index (χ1v) is 5.65. The lowest BCUT2D eigenvalue weighted by molar-refractivity contribution is -0.132. The van der Waals surface area contributed by atoms with E-state index < -0.39 is 5.97 Å². The highest BCUT2D eigenvalue weighted by atomic mass is 32.2. The van der Waals surface area contributed by atoms with Crippen molar-refractivity contribution in [1.82, 2.24) is 0 Å². The van der Waals surface area contributed by atoms with E-state index in [1.165, 1.54) is 6.42 Å². The van der Waals surface area contributed by atoms with Crippen molar-refractivity contribution in [2.75, 3.05) is 5.75 Å². The maximum atomic E-state index is 10.8. The third-order valence-electron chi connectivity index (χ3n) is 2.38. The summed E-state index contributed by atoms with van der Waals surface area (Å²) in [5.74, 6) is 0.389. The second kappa shape index (κ2) is 4.18. The molecule has 1 aliphatic heterocycles. The van der Waals surface area contributed by atoms with E-state index in [9.17, 15) is 4.79 Å². The Morgan fingerprint density at radius 1 is 1.69 bits per heavy atom. The van der Waals surface area contributed by atoms with Crippen molar-refractivity contribution < 1.29 is 9.90 Å². The summed E-state index contributed by atoms with van der Waals surface area (Å²) in [5, 5.41) is 8.87. The minimum atomic E-state index is -0.767. The smallest absolute Gasteiger partial charge is 0.331 e. The first-order valence-electron chi connectivity index (χ1n) is 4.66. The summed E-state index contributed by atoms with van der Waals surface area (Å²) < 4.78 is 0.0731. The van der Waals surface area contributed by atoms with Gasteiger partial charge in [0.15, 0.2) is 0 Å². The van der Waals surface area contributed by atoms with Crippen LogP contribution in [0.15, 0.2) is 11.6 Å². The van der Waals surface area contributed by atoms with Gasteiger partial charge in [-0.05, 0) is 31.9 Å². The molecule has 0 spiro atoms. The van der Waals surface area contributed by atoms with Gasteiger partial charge >= 0.3 is 5.97 Å². The zero-order valence-corrected chi connectivity index (χ0v) is 8.99. The van der Waals surface area contributed by atoms with Crippen molar-refractivity contribution in [3.63, 3.8) is 0 Å². The molecule has 0 aromatic heterocycles. The molecule has 0 bridgehead atoms. The van der Waals surface area contributed by atoms with Gasteiger partial charge < -0.3 is 5.11 Å². The van der Waals surface area contributed by atoms with Gasteiger partial charge in [0.2, 0.25) is 0 Å². The van der Waals surface area contributed by atoms with Crippen LogP contribution in [0.3, 0.4) is 0 Å². The van der Waals surface area contributed by atoms with Crippen LogP contribution in [0.4, 0.5) is 0 Å². The Labute approximate surface area is 83.4 Å². The molecule has 2 nitrogen and oxygen atoms in total. The van der Waals surface area contributed by atoms with Gasteiger partial charge in [-0.1, -0.05) is 13.0 Å². The van der Waals surface area contributed by atoms with Crippen molar-refractivity contribution in [2.24, 2.45) is 0 Å². The largest absolute Gasteiger partial charge is 0.478 e. The number of hydrogen-bond acceptors (Lipinski definition) is 2.